The fourth-order valence-electron chi connectivity index (χ4n) is 9.85. The molecule has 0 unspecified atom stereocenters. The van der Waals surface area contributed by atoms with Crippen molar-refractivity contribution in [1.29, 1.82) is 0 Å². The zero-order chi connectivity index (χ0) is 33.2. The lowest BCUT2D eigenvalue weighted by Gasteiger charge is -2.61. The molecule has 252 valence electrons. The van der Waals surface area contributed by atoms with E-state index in [1.807, 2.05) is 19.1 Å². The van der Waals surface area contributed by atoms with Crippen molar-refractivity contribution in [2.75, 3.05) is 6.61 Å². The molecule has 1 aromatic carbocycles. The molecule has 4 nitrogen and oxygen atoms in total. The number of rotatable bonds is 9. The minimum absolute atomic E-state index is 0.165. The lowest BCUT2D eigenvalue weighted by atomic mass is 9.46. The Kier molecular flexibility index (Phi) is 9.39. The van der Waals surface area contributed by atoms with Gasteiger partial charge in [0, 0.05) is 0 Å². The maximum absolute atomic E-state index is 12.7. The van der Waals surface area contributed by atoms with Gasteiger partial charge in [-0.05, 0) is 140 Å². The monoisotopic (exact) mass is 654 g/mol. The van der Waals surface area contributed by atoms with Crippen LogP contribution in [-0.2, 0) is 18.7 Å². The highest BCUT2D eigenvalue weighted by atomic mass is 32.2. The summed E-state index contributed by atoms with van der Waals surface area (Å²) < 4.78 is 37.9. The number of allylic oxidation sites excluding steroid dienone is 4. The van der Waals surface area contributed by atoms with Gasteiger partial charge in [-0.15, -0.1) is 0 Å². The SMILES string of the molecule is Cc1ccc(S(=O)(=O)OCCC[C@@H](C)[C@H]2CC=C3C4=C(CC[C@@]32C)[C@@]2(C)CC[C@H](O[Si](C)(C)C(C)(C)C)C(C)(C)[C@@H]2CC4)cc1. The van der Waals surface area contributed by atoms with Crippen LogP contribution in [0.4, 0.5) is 0 Å². The van der Waals surface area contributed by atoms with E-state index in [9.17, 15) is 8.42 Å². The van der Waals surface area contributed by atoms with E-state index < -0.39 is 18.4 Å². The quantitative estimate of drug-likeness (QED) is 0.151. The van der Waals surface area contributed by atoms with Crippen molar-refractivity contribution in [1.82, 2.24) is 0 Å². The number of fused-ring (bicyclic) bond motifs is 4. The molecule has 0 radical (unpaired) electrons. The first-order valence-electron chi connectivity index (χ1n) is 17.8. The Balaban J connectivity index is 1.25. The number of benzene rings is 1. The summed E-state index contributed by atoms with van der Waals surface area (Å²) in [5.41, 5.74) is 6.84. The maximum atomic E-state index is 12.7. The van der Waals surface area contributed by atoms with Gasteiger partial charge in [-0.25, -0.2) is 0 Å². The third-order valence-electron chi connectivity index (χ3n) is 13.7. The molecule has 0 aromatic heterocycles. The molecular formula is C39H62O4SSi. The van der Waals surface area contributed by atoms with Gasteiger partial charge < -0.3 is 4.43 Å². The van der Waals surface area contributed by atoms with Gasteiger partial charge in [0.2, 0.25) is 0 Å². The van der Waals surface area contributed by atoms with Gasteiger partial charge in [0.05, 0.1) is 17.6 Å². The molecule has 5 rings (SSSR count). The average Bonchev–Trinajstić information content (AvgIpc) is 3.29. The minimum Gasteiger partial charge on any atom is -0.413 e. The zero-order valence-corrected chi connectivity index (χ0v) is 32.1. The molecule has 4 aliphatic carbocycles. The molecule has 0 spiro atoms. The van der Waals surface area contributed by atoms with Crippen molar-refractivity contribution in [2.45, 2.75) is 149 Å². The highest BCUT2D eigenvalue weighted by Crippen LogP contribution is 2.67. The van der Waals surface area contributed by atoms with E-state index in [0.29, 0.717) is 23.9 Å². The van der Waals surface area contributed by atoms with Gasteiger partial charge in [0.25, 0.3) is 10.1 Å². The average molecular weight is 655 g/mol. The molecule has 0 heterocycles. The van der Waals surface area contributed by atoms with Crippen LogP contribution in [0.1, 0.15) is 119 Å². The van der Waals surface area contributed by atoms with Crippen molar-refractivity contribution < 1.29 is 17.0 Å². The lowest BCUT2D eigenvalue weighted by Crippen LogP contribution is -2.57. The van der Waals surface area contributed by atoms with E-state index in [2.05, 4.69) is 74.6 Å². The molecule has 0 saturated heterocycles. The van der Waals surface area contributed by atoms with Gasteiger partial charge in [0.15, 0.2) is 8.32 Å². The number of aryl methyl sites for hydroxylation is 1. The zero-order valence-electron chi connectivity index (χ0n) is 30.3. The molecule has 0 bridgehead atoms. The Labute approximate surface area is 277 Å². The van der Waals surface area contributed by atoms with Crippen molar-refractivity contribution in [3.63, 3.8) is 0 Å². The molecule has 45 heavy (non-hydrogen) atoms. The van der Waals surface area contributed by atoms with Gasteiger partial charge in [-0.1, -0.05) is 84.7 Å². The molecule has 1 fully saturated rings. The molecule has 0 aliphatic heterocycles. The topological polar surface area (TPSA) is 52.6 Å². The van der Waals surface area contributed by atoms with Crippen molar-refractivity contribution in [3.05, 3.63) is 52.6 Å². The predicted molar refractivity (Wildman–Crippen MR) is 189 cm³/mol. The molecule has 6 heteroatoms. The van der Waals surface area contributed by atoms with Crippen molar-refractivity contribution >= 4 is 18.4 Å². The highest BCUT2D eigenvalue weighted by Gasteiger charge is 2.58. The summed E-state index contributed by atoms with van der Waals surface area (Å²) in [7, 11) is -5.54. The van der Waals surface area contributed by atoms with E-state index in [1.165, 1.54) is 38.5 Å². The third kappa shape index (κ3) is 6.24. The normalized spacial score (nSPS) is 32.4. The van der Waals surface area contributed by atoms with Crippen LogP contribution >= 0.6 is 0 Å². The number of hydrogen-bond donors (Lipinski definition) is 0. The highest BCUT2D eigenvalue weighted by molar-refractivity contribution is 7.86. The first-order valence-corrected chi connectivity index (χ1v) is 22.1. The Morgan fingerprint density at radius 2 is 1.64 bits per heavy atom. The van der Waals surface area contributed by atoms with Crippen molar-refractivity contribution in [3.8, 4) is 0 Å². The smallest absolute Gasteiger partial charge is 0.296 e. The van der Waals surface area contributed by atoms with Crippen LogP contribution in [0.3, 0.4) is 0 Å². The number of hydrogen-bond acceptors (Lipinski definition) is 4. The Bertz CT molecular complexity index is 1430. The summed E-state index contributed by atoms with van der Waals surface area (Å²) in [5.74, 6) is 1.78. The van der Waals surface area contributed by atoms with Crippen LogP contribution in [0.25, 0.3) is 0 Å². The fourth-order valence-corrected chi connectivity index (χ4v) is 12.3. The van der Waals surface area contributed by atoms with E-state index in [0.717, 1.165) is 24.8 Å². The second-order valence-electron chi connectivity index (χ2n) is 17.8. The molecule has 1 saturated carbocycles. The molecule has 0 amide bonds. The van der Waals surface area contributed by atoms with Crippen LogP contribution in [0, 0.1) is 40.9 Å². The summed E-state index contributed by atoms with van der Waals surface area (Å²) in [4.78, 5) is 0.244. The summed E-state index contributed by atoms with van der Waals surface area (Å²) in [6.45, 7) is 26.7. The first-order chi connectivity index (χ1) is 20.7. The van der Waals surface area contributed by atoms with E-state index in [4.69, 9.17) is 8.61 Å². The third-order valence-corrected chi connectivity index (χ3v) is 19.5. The molecule has 6 atom stereocenters. The minimum atomic E-state index is -3.70. The second kappa shape index (κ2) is 12.0. The molecule has 4 aliphatic rings. The van der Waals surface area contributed by atoms with Crippen LogP contribution in [0.5, 0.6) is 0 Å². The van der Waals surface area contributed by atoms with E-state index >= 15 is 0 Å². The van der Waals surface area contributed by atoms with E-state index in [1.54, 1.807) is 28.9 Å². The summed E-state index contributed by atoms with van der Waals surface area (Å²) in [5, 5.41) is 0.231. The Morgan fingerprint density at radius 1 is 0.978 bits per heavy atom. The van der Waals surface area contributed by atoms with Crippen molar-refractivity contribution in [2.24, 2.45) is 34.0 Å². The Hall–Kier alpha value is -1.21. The summed E-state index contributed by atoms with van der Waals surface area (Å²) in [6, 6.07) is 6.90. The Morgan fingerprint density at radius 3 is 2.29 bits per heavy atom. The van der Waals surface area contributed by atoms with Gasteiger partial charge in [-0.3, -0.25) is 4.18 Å². The molecule has 0 N–H and O–H groups in total. The molecular weight excluding hydrogens is 593 g/mol. The van der Waals surface area contributed by atoms with Gasteiger partial charge >= 0.3 is 0 Å². The first kappa shape index (κ1) is 35.1. The van der Waals surface area contributed by atoms with Crippen LogP contribution in [0.15, 0.2) is 52.0 Å². The predicted octanol–water partition coefficient (Wildman–Crippen LogP) is 10.8. The van der Waals surface area contributed by atoms with Gasteiger partial charge in [-0.2, -0.15) is 8.42 Å². The van der Waals surface area contributed by atoms with E-state index in [-0.39, 0.29) is 32.8 Å². The standard InChI is InChI=1S/C39H62O4SSi/c1-27-14-16-29(17-15-27)44(40,41)42-26-12-13-28(2)31-19-20-32-30-18-21-34-37(6,7)35(43-45(10,11)36(3,4)5)23-25-39(34,9)33(30)22-24-38(31,32)8/h14-17,20,28,31,34-35H,12-13,18-19,21-26H2,1-11H3/t28-,31-,34+,35+,38-,39-/m1/s1. The maximum Gasteiger partial charge on any atom is 0.296 e. The molecule has 1 aromatic rings. The largest absolute Gasteiger partial charge is 0.413 e. The van der Waals surface area contributed by atoms with Gasteiger partial charge in [0.1, 0.15) is 0 Å². The summed E-state index contributed by atoms with van der Waals surface area (Å²) >= 11 is 0. The van der Waals surface area contributed by atoms with Crippen LogP contribution in [0.2, 0.25) is 18.1 Å². The summed E-state index contributed by atoms with van der Waals surface area (Å²) in [6.07, 6.45) is 13.2. The van der Waals surface area contributed by atoms with Crippen LogP contribution in [-0.4, -0.2) is 29.4 Å². The fraction of sp³-hybridized carbons (Fsp3) is 0.744. The second-order valence-corrected chi connectivity index (χ2v) is 24.2. The van der Waals surface area contributed by atoms with Crippen LogP contribution < -0.4 is 0 Å². The lowest BCUT2D eigenvalue weighted by molar-refractivity contribution is -0.0839.